The fourth-order valence-corrected chi connectivity index (χ4v) is 2.43. The maximum Gasteiger partial charge on any atom is 0.130 e. The van der Waals surface area contributed by atoms with Crippen LogP contribution in [-0.2, 0) is 0 Å². The fourth-order valence-electron chi connectivity index (χ4n) is 2.43. The summed E-state index contributed by atoms with van der Waals surface area (Å²) >= 11 is 0. The summed E-state index contributed by atoms with van der Waals surface area (Å²) in [6.07, 6.45) is 2.06. The highest BCUT2D eigenvalue weighted by molar-refractivity contribution is 5.22. The van der Waals surface area contributed by atoms with Gasteiger partial charge in [0.15, 0.2) is 0 Å². The van der Waals surface area contributed by atoms with Crippen LogP contribution in [0, 0.1) is 11.6 Å². The van der Waals surface area contributed by atoms with Crippen LogP contribution in [0.5, 0.6) is 0 Å². The predicted octanol–water partition coefficient (Wildman–Crippen LogP) is 2.45. The molecule has 2 atom stereocenters. The van der Waals surface area contributed by atoms with E-state index in [1.165, 1.54) is 12.1 Å². The first-order valence-corrected chi connectivity index (χ1v) is 6.02. The lowest BCUT2D eigenvalue weighted by atomic mass is 10.0. The highest BCUT2D eigenvalue weighted by Gasteiger charge is 2.24. The largest absolute Gasteiger partial charge is 0.327 e. The van der Waals surface area contributed by atoms with Crippen molar-refractivity contribution >= 4 is 0 Å². The molecule has 1 aliphatic rings. The van der Waals surface area contributed by atoms with Crippen LogP contribution in [0.15, 0.2) is 18.2 Å². The summed E-state index contributed by atoms with van der Waals surface area (Å²) in [5, 5.41) is 0. The summed E-state index contributed by atoms with van der Waals surface area (Å²) in [6.45, 7) is 3.64. The third-order valence-corrected chi connectivity index (χ3v) is 3.45. The van der Waals surface area contributed by atoms with Crippen molar-refractivity contribution in [2.75, 3.05) is 13.1 Å². The van der Waals surface area contributed by atoms with Crippen molar-refractivity contribution < 1.29 is 8.78 Å². The molecule has 0 saturated carbocycles. The third-order valence-electron chi connectivity index (χ3n) is 3.45. The Morgan fingerprint density at radius 1 is 1.41 bits per heavy atom. The molecule has 2 N–H and O–H groups in total. The van der Waals surface area contributed by atoms with E-state index in [0.717, 1.165) is 32.0 Å². The Morgan fingerprint density at radius 2 is 2.18 bits per heavy atom. The summed E-state index contributed by atoms with van der Waals surface area (Å²) in [4.78, 5) is 2.16. The molecule has 0 bridgehead atoms. The van der Waals surface area contributed by atoms with Crippen LogP contribution < -0.4 is 5.73 Å². The Morgan fingerprint density at radius 3 is 2.82 bits per heavy atom. The second-order valence-electron chi connectivity index (χ2n) is 4.74. The zero-order valence-corrected chi connectivity index (χ0v) is 10.00. The normalized spacial score (nSPS) is 23.6. The Hall–Kier alpha value is -1.00. The maximum atomic E-state index is 13.7. The van der Waals surface area contributed by atoms with Gasteiger partial charge in [-0.15, -0.1) is 0 Å². The number of hydrogen-bond donors (Lipinski definition) is 1. The summed E-state index contributed by atoms with van der Waals surface area (Å²) in [5.74, 6) is -1.01. The highest BCUT2D eigenvalue weighted by Crippen LogP contribution is 2.26. The van der Waals surface area contributed by atoms with Gasteiger partial charge < -0.3 is 5.73 Å². The molecule has 17 heavy (non-hydrogen) atoms. The van der Waals surface area contributed by atoms with E-state index in [2.05, 4.69) is 4.90 Å². The van der Waals surface area contributed by atoms with Gasteiger partial charge in [0.1, 0.15) is 11.6 Å². The average Bonchev–Trinajstić information content (AvgIpc) is 2.28. The summed E-state index contributed by atoms with van der Waals surface area (Å²) in [5.41, 5.74) is 6.45. The summed E-state index contributed by atoms with van der Waals surface area (Å²) < 4.78 is 26.5. The Bertz CT molecular complexity index is 395. The van der Waals surface area contributed by atoms with Gasteiger partial charge in [-0.05, 0) is 32.4 Å². The van der Waals surface area contributed by atoms with E-state index in [1.807, 2.05) is 6.92 Å². The SMILES string of the molecule is CC(c1ccc(F)cc1F)N1CCCC(N)C1. The smallest absolute Gasteiger partial charge is 0.130 e. The van der Waals surface area contributed by atoms with Crippen LogP contribution in [0.2, 0.25) is 0 Å². The predicted molar refractivity (Wildman–Crippen MR) is 63.6 cm³/mol. The molecule has 2 rings (SSSR count). The van der Waals surface area contributed by atoms with Gasteiger partial charge in [-0.2, -0.15) is 0 Å². The number of nitrogens with zero attached hydrogens (tertiary/aromatic N) is 1. The number of likely N-dealkylation sites (tertiary alicyclic amines) is 1. The lowest BCUT2D eigenvalue weighted by Crippen LogP contribution is -2.43. The molecule has 1 aromatic rings. The Balaban J connectivity index is 2.15. The van der Waals surface area contributed by atoms with Gasteiger partial charge in [-0.1, -0.05) is 6.07 Å². The van der Waals surface area contributed by atoms with Crippen molar-refractivity contribution in [1.82, 2.24) is 4.90 Å². The number of piperidine rings is 1. The molecule has 0 spiro atoms. The van der Waals surface area contributed by atoms with E-state index >= 15 is 0 Å². The second-order valence-corrected chi connectivity index (χ2v) is 4.74. The van der Waals surface area contributed by atoms with E-state index in [9.17, 15) is 8.78 Å². The van der Waals surface area contributed by atoms with E-state index < -0.39 is 11.6 Å². The Kier molecular flexibility index (Phi) is 3.74. The highest BCUT2D eigenvalue weighted by atomic mass is 19.1. The van der Waals surface area contributed by atoms with Crippen LogP contribution in [0.4, 0.5) is 8.78 Å². The molecule has 1 heterocycles. The fraction of sp³-hybridized carbons (Fsp3) is 0.538. The van der Waals surface area contributed by atoms with E-state index in [1.54, 1.807) is 0 Å². The van der Waals surface area contributed by atoms with Gasteiger partial charge >= 0.3 is 0 Å². The molecule has 0 aliphatic carbocycles. The van der Waals surface area contributed by atoms with Crippen molar-refractivity contribution in [2.45, 2.75) is 31.8 Å². The first-order valence-electron chi connectivity index (χ1n) is 6.02. The quantitative estimate of drug-likeness (QED) is 0.860. The molecule has 1 fully saturated rings. The topological polar surface area (TPSA) is 29.3 Å². The standard InChI is InChI=1S/C13H18F2N2/c1-9(17-6-2-3-11(16)8-17)12-5-4-10(14)7-13(12)15/h4-5,7,9,11H,2-3,6,8,16H2,1H3. The number of rotatable bonds is 2. The third kappa shape index (κ3) is 2.82. The Labute approximate surface area is 100 Å². The van der Waals surface area contributed by atoms with Crippen LogP contribution in [0.3, 0.4) is 0 Å². The molecule has 0 aromatic heterocycles. The van der Waals surface area contributed by atoms with Gasteiger partial charge in [0.2, 0.25) is 0 Å². The first kappa shape index (κ1) is 12.5. The average molecular weight is 240 g/mol. The van der Waals surface area contributed by atoms with Crippen molar-refractivity contribution in [3.8, 4) is 0 Å². The summed E-state index contributed by atoms with van der Waals surface area (Å²) in [6, 6.07) is 3.88. The van der Waals surface area contributed by atoms with Crippen LogP contribution in [0.1, 0.15) is 31.4 Å². The minimum Gasteiger partial charge on any atom is -0.327 e. The lowest BCUT2D eigenvalue weighted by Gasteiger charge is -2.35. The molecule has 1 aromatic carbocycles. The first-order chi connectivity index (χ1) is 8.08. The van der Waals surface area contributed by atoms with Gasteiger partial charge in [0.05, 0.1) is 0 Å². The minimum atomic E-state index is -0.534. The number of hydrogen-bond acceptors (Lipinski definition) is 2. The molecular formula is C13H18F2N2. The molecule has 2 nitrogen and oxygen atoms in total. The molecule has 1 aliphatic heterocycles. The zero-order chi connectivity index (χ0) is 12.4. The van der Waals surface area contributed by atoms with Crippen LogP contribution >= 0.6 is 0 Å². The summed E-state index contributed by atoms with van der Waals surface area (Å²) in [7, 11) is 0. The molecule has 2 unspecified atom stereocenters. The number of halogens is 2. The van der Waals surface area contributed by atoms with Crippen molar-refractivity contribution in [3.63, 3.8) is 0 Å². The maximum absolute atomic E-state index is 13.7. The van der Waals surface area contributed by atoms with Crippen molar-refractivity contribution in [2.24, 2.45) is 5.73 Å². The van der Waals surface area contributed by atoms with Crippen molar-refractivity contribution in [3.05, 3.63) is 35.4 Å². The van der Waals surface area contributed by atoms with Crippen LogP contribution in [-0.4, -0.2) is 24.0 Å². The van der Waals surface area contributed by atoms with Gasteiger partial charge in [0, 0.05) is 30.3 Å². The molecule has 1 saturated heterocycles. The van der Waals surface area contributed by atoms with Gasteiger partial charge in [0.25, 0.3) is 0 Å². The molecular weight excluding hydrogens is 222 g/mol. The molecule has 0 radical (unpaired) electrons. The zero-order valence-electron chi connectivity index (χ0n) is 10.00. The van der Waals surface area contributed by atoms with E-state index in [4.69, 9.17) is 5.73 Å². The number of nitrogens with two attached hydrogens (primary N) is 1. The minimum absolute atomic E-state index is 0.0538. The molecule has 94 valence electrons. The lowest BCUT2D eigenvalue weighted by molar-refractivity contribution is 0.157. The molecule has 0 amide bonds. The van der Waals surface area contributed by atoms with E-state index in [0.29, 0.717) is 5.56 Å². The second kappa shape index (κ2) is 5.10. The van der Waals surface area contributed by atoms with Crippen LogP contribution in [0.25, 0.3) is 0 Å². The monoisotopic (exact) mass is 240 g/mol. The van der Waals surface area contributed by atoms with Gasteiger partial charge in [-0.25, -0.2) is 8.78 Å². The molecule has 4 heteroatoms. The van der Waals surface area contributed by atoms with E-state index in [-0.39, 0.29) is 12.1 Å². The van der Waals surface area contributed by atoms with Crippen molar-refractivity contribution in [1.29, 1.82) is 0 Å². The number of benzene rings is 1. The van der Waals surface area contributed by atoms with Gasteiger partial charge in [-0.3, -0.25) is 4.90 Å².